The van der Waals surface area contributed by atoms with E-state index in [2.05, 4.69) is 5.43 Å². The van der Waals surface area contributed by atoms with Gasteiger partial charge in [-0.15, -0.1) is 0 Å². The smallest absolute Gasteiger partial charge is 0.269 e. The molecule has 1 aliphatic heterocycles. The first-order chi connectivity index (χ1) is 9.40. The number of halogens is 3. The normalized spacial score (nSPS) is 31.9. The minimum atomic E-state index is -1.18. The van der Waals surface area contributed by atoms with E-state index in [-0.39, 0.29) is 10.6 Å². The first-order valence-electron chi connectivity index (χ1n) is 6.00. The van der Waals surface area contributed by atoms with Gasteiger partial charge in [-0.2, -0.15) is 0 Å². The lowest BCUT2D eigenvalue weighted by molar-refractivity contribution is -0.0482. The van der Waals surface area contributed by atoms with E-state index in [9.17, 15) is 23.8 Å². The number of amides is 1. The van der Waals surface area contributed by atoms with Crippen molar-refractivity contribution in [1.29, 1.82) is 0 Å². The summed E-state index contributed by atoms with van der Waals surface area (Å²) in [5.41, 5.74) is 2.53. The van der Waals surface area contributed by atoms with Gasteiger partial charge in [0.1, 0.15) is 6.10 Å². The van der Waals surface area contributed by atoms with Crippen LogP contribution in [-0.2, 0) is 0 Å². The standard InChI is InChI=1S/C12H11ClF2N2O3/c13-5-2-7(15)6(14)1-4(5)12(20)17-9-3-8(16-17)10(18)11(9)19/h1-2,8-11,16,18-19H,3H2/t8-,9+,10+,11-/m1/s1. The maximum Gasteiger partial charge on any atom is 0.269 e. The third-order valence-corrected chi connectivity index (χ3v) is 4.06. The molecular formula is C12H11ClF2N2O3. The Morgan fingerprint density at radius 3 is 2.55 bits per heavy atom. The molecule has 0 aromatic heterocycles. The number of hydrogen-bond acceptors (Lipinski definition) is 4. The van der Waals surface area contributed by atoms with Gasteiger partial charge in [0.25, 0.3) is 5.91 Å². The van der Waals surface area contributed by atoms with Gasteiger partial charge < -0.3 is 10.2 Å². The van der Waals surface area contributed by atoms with Gasteiger partial charge >= 0.3 is 0 Å². The van der Waals surface area contributed by atoms with Crippen LogP contribution in [0.2, 0.25) is 5.02 Å². The van der Waals surface area contributed by atoms with Gasteiger partial charge in [0.2, 0.25) is 0 Å². The number of fused-ring (bicyclic) bond motifs is 2. The molecule has 1 aliphatic carbocycles. The average molecular weight is 305 g/mol. The van der Waals surface area contributed by atoms with Crippen LogP contribution in [0.15, 0.2) is 12.1 Å². The molecule has 2 aliphatic rings. The Morgan fingerprint density at radius 2 is 1.95 bits per heavy atom. The summed E-state index contributed by atoms with van der Waals surface area (Å²) in [4.78, 5) is 12.3. The first-order valence-corrected chi connectivity index (χ1v) is 6.38. The van der Waals surface area contributed by atoms with Crippen molar-refractivity contribution in [2.75, 3.05) is 0 Å². The highest BCUT2D eigenvalue weighted by atomic mass is 35.5. The van der Waals surface area contributed by atoms with E-state index in [1.807, 2.05) is 0 Å². The molecule has 3 N–H and O–H groups in total. The number of carbonyl (C=O) groups excluding carboxylic acids is 1. The minimum Gasteiger partial charge on any atom is -0.389 e. The Morgan fingerprint density at radius 1 is 1.30 bits per heavy atom. The fraction of sp³-hybridized carbons (Fsp3) is 0.417. The number of hydrazine groups is 1. The largest absolute Gasteiger partial charge is 0.389 e. The molecule has 1 saturated heterocycles. The maximum absolute atomic E-state index is 13.2. The van der Waals surface area contributed by atoms with Crippen LogP contribution in [0, 0.1) is 11.6 Å². The number of aliphatic hydroxyl groups excluding tert-OH is 2. The molecule has 1 amide bonds. The van der Waals surface area contributed by atoms with Crippen LogP contribution in [-0.4, -0.2) is 45.4 Å². The van der Waals surface area contributed by atoms with Crippen LogP contribution in [0.25, 0.3) is 0 Å². The topological polar surface area (TPSA) is 72.8 Å². The molecule has 0 unspecified atom stereocenters. The molecule has 3 rings (SSSR count). The zero-order valence-electron chi connectivity index (χ0n) is 10.1. The van der Waals surface area contributed by atoms with Crippen molar-refractivity contribution in [2.45, 2.75) is 30.7 Å². The molecule has 20 heavy (non-hydrogen) atoms. The molecule has 1 saturated carbocycles. The summed E-state index contributed by atoms with van der Waals surface area (Å²) in [7, 11) is 0. The molecule has 8 heteroatoms. The zero-order valence-corrected chi connectivity index (χ0v) is 10.8. The molecule has 4 atom stereocenters. The summed E-state index contributed by atoms with van der Waals surface area (Å²) in [5, 5.41) is 20.3. The number of benzene rings is 1. The Labute approximate surface area is 117 Å². The average Bonchev–Trinajstić information content (AvgIpc) is 2.94. The zero-order chi connectivity index (χ0) is 14.6. The first kappa shape index (κ1) is 13.7. The van der Waals surface area contributed by atoms with Gasteiger partial charge in [0.05, 0.1) is 28.8 Å². The number of aliphatic hydroxyl groups is 2. The summed E-state index contributed by atoms with van der Waals surface area (Å²) in [6.07, 6.45) is -1.64. The van der Waals surface area contributed by atoms with E-state index in [0.717, 1.165) is 17.1 Å². The Bertz CT molecular complexity index is 584. The highest BCUT2D eigenvalue weighted by molar-refractivity contribution is 6.33. The van der Waals surface area contributed by atoms with Crippen molar-refractivity contribution >= 4 is 17.5 Å². The molecule has 1 heterocycles. The van der Waals surface area contributed by atoms with Gasteiger partial charge in [-0.25, -0.2) is 14.2 Å². The molecule has 0 spiro atoms. The Kier molecular flexibility index (Phi) is 3.17. The van der Waals surface area contributed by atoms with Crippen LogP contribution >= 0.6 is 11.6 Å². The van der Waals surface area contributed by atoms with Gasteiger partial charge in [-0.3, -0.25) is 9.80 Å². The van der Waals surface area contributed by atoms with E-state index in [0.29, 0.717) is 6.42 Å². The third kappa shape index (κ3) is 1.89. The van der Waals surface area contributed by atoms with Crippen molar-refractivity contribution in [1.82, 2.24) is 10.4 Å². The minimum absolute atomic E-state index is 0.202. The number of hydrogen-bond donors (Lipinski definition) is 3. The maximum atomic E-state index is 13.2. The molecular weight excluding hydrogens is 294 g/mol. The van der Waals surface area contributed by atoms with Gasteiger partial charge in [-0.05, 0) is 18.6 Å². The lowest BCUT2D eigenvalue weighted by Crippen LogP contribution is -2.58. The summed E-state index contributed by atoms with van der Waals surface area (Å²) in [6, 6.07) is 0.384. The lowest BCUT2D eigenvalue weighted by atomic mass is 10.1. The van der Waals surface area contributed by atoms with E-state index >= 15 is 0 Å². The second-order valence-electron chi connectivity index (χ2n) is 4.94. The summed E-state index contributed by atoms with van der Waals surface area (Å²) >= 11 is 5.75. The third-order valence-electron chi connectivity index (χ3n) is 3.75. The van der Waals surface area contributed by atoms with Crippen LogP contribution in [0.4, 0.5) is 8.78 Å². The van der Waals surface area contributed by atoms with Crippen LogP contribution in [0.5, 0.6) is 0 Å². The SMILES string of the molecule is O=C(c1cc(F)c(F)cc1Cl)N1N[C@@H]2C[C@H]1[C@@H](O)[C@H]2O. The summed E-state index contributed by atoms with van der Waals surface area (Å²) < 4.78 is 26.2. The highest BCUT2D eigenvalue weighted by Crippen LogP contribution is 2.33. The second kappa shape index (κ2) is 4.63. The molecule has 1 aromatic carbocycles. The summed E-state index contributed by atoms with van der Waals surface area (Å²) in [6.45, 7) is 0. The predicted octanol–water partition coefficient (Wildman–Crippen LogP) is 0.441. The quantitative estimate of drug-likeness (QED) is 0.658. The Balaban J connectivity index is 1.90. The highest BCUT2D eigenvalue weighted by Gasteiger charge is 2.52. The van der Waals surface area contributed by atoms with Crippen LogP contribution in [0.1, 0.15) is 16.8 Å². The fourth-order valence-electron chi connectivity index (χ4n) is 2.69. The summed E-state index contributed by atoms with van der Waals surface area (Å²) in [5.74, 6) is -2.99. The van der Waals surface area contributed by atoms with Gasteiger partial charge in [0.15, 0.2) is 11.6 Å². The monoisotopic (exact) mass is 304 g/mol. The van der Waals surface area contributed by atoms with Crippen molar-refractivity contribution in [2.24, 2.45) is 0 Å². The van der Waals surface area contributed by atoms with Crippen molar-refractivity contribution in [3.63, 3.8) is 0 Å². The van der Waals surface area contributed by atoms with Gasteiger partial charge in [-0.1, -0.05) is 11.6 Å². The van der Waals surface area contributed by atoms with Crippen LogP contribution in [0.3, 0.4) is 0 Å². The molecule has 5 nitrogen and oxygen atoms in total. The number of nitrogens with zero attached hydrogens (tertiary/aromatic N) is 1. The predicted molar refractivity (Wildman–Crippen MR) is 64.9 cm³/mol. The van der Waals surface area contributed by atoms with E-state index < -0.39 is 41.8 Å². The number of rotatable bonds is 1. The van der Waals surface area contributed by atoms with Crippen molar-refractivity contribution in [3.8, 4) is 0 Å². The lowest BCUT2D eigenvalue weighted by Gasteiger charge is -2.33. The molecule has 0 radical (unpaired) electrons. The van der Waals surface area contributed by atoms with E-state index in [1.54, 1.807) is 0 Å². The van der Waals surface area contributed by atoms with Crippen LogP contribution < -0.4 is 5.43 Å². The van der Waals surface area contributed by atoms with E-state index in [4.69, 9.17) is 11.6 Å². The molecule has 2 bridgehead atoms. The fourth-order valence-corrected chi connectivity index (χ4v) is 2.92. The molecule has 1 aromatic rings. The van der Waals surface area contributed by atoms with Crippen molar-refractivity contribution < 1.29 is 23.8 Å². The number of nitrogens with one attached hydrogen (secondary N) is 1. The number of carbonyl (C=O) groups is 1. The van der Waals surface area contributed by atoms with Crippen molar-refractivity contribution in [3.05, 3.63) is 34.4 Å². The molecule has 2 fully saturated rings. The Hall–Kier alpha value is -1.28. The second-order valence-corrected chi connectivity index (χ2v) is 5.35. The van der Waals surface area contributed by atoms with Gasteiger partial charge in [0, 0.05) is 0 Å². The van der Waals surface area contributed by atoms with E-state index in [1.165, 1.54) is 0 Å². The molecule has 108 valence electrons.